The van der Waals surface area contributed by atoms with Gasteiger partial charge in [0.1, 0.15) is 0 Å². The highest BCUT2D eigenvalue weighted by Gasteiger charge is 2.14. The Balaban J connectivity index is 2.31. The fourth-order valence-electron chi connectivity index (χ4n) is 2.24. The van der Waals surface area contributed by atoms with Crippen LogP contribution in [0.1, 0.15) is 28.4 Å². The van der Waals surface area contributed by atoms with Crippen LogP contribution < -0.4 is 0 Å². The molecule has 0 aliphatic carbocycles. The zero-order valence-electron chi connectivity index (χ0n) is 11.0. The van der Waals surface area contributed by atoms with Gasteiger partial charge in [0.25, 0.3) is 0 Å². The quantitative estimate of drug-likeness (QED) is 0.781. The normalized spacial score (nSPS) is 12.5. The number of hydrogen-bond donors (Lipinski definition) is 1. The molecule has 0 heterocycles. The van der Waals surface area contributed by atoms with Crippen LogP contribution in [0.4, 0.5) is 0 Å². The van der Waals surface area contributed by atoms with Crippen molar-refractivity contribution < 1.29 is 5.11 Å². The van der Waals surface area contributed by atoms with Gasteiger partial charge in [-0.15, -0.1) is 0 Å². The molecule has 1 unspecified atom stereocenters. The van der Waals surface area contributed by atoms with Gasteiger partial charge in [-0.2, -0.15) is 0 Å². The summed E-state index contributed by atoms with van der Waals surface area (Å²) >= 11 is 6.95. The number of benzene rings is 2. The highest BCUT2D eigenvalue weighted by atomic mass is 79.9. The van der Waals surface area contributed by atoms with Crippen molar-refractivity contribution in [3.05, 3.63) is 67.6 Å². The molecule has 2 rings (SSSR count). The van der Waals surface area contributed by atoms with Gasteiger partial charge in [0.15, 0.2) is 0 Å². The third-order valence-electron chi connectivity index (χ3n) is 3.36. The second-order valence-corrected chi connectivity index (χ2v) is 6.53. The fourth-order valence-corrected chi connectivity index (χ4v) is 3.13. The molecule has 19 heavy (non-hydrogen) atoms. The van der Waals surface area contributed by atoms with Crippen LogP contribution >= 0.6 is 31.9 Å². The molecule has 2 aromatic carbocycles. The average molecular weight is 384 g/mol. The third kappa shape index (κ3) is 3.47. The minimum absolute atomic E-state index is 0.508. The molecule has 0 aliphatic heterocycles. The van der Waals surface area contributed by atoms with E-state index >= 15 is 0 Å². The molecule has 0 aromatic heterocycles. The van der Waals surface area contributed by atoms with Crippen LogP contribution in [0.2, 0.25) is 0 Å². The number of aliphatic hydroxyl groups is 1. The summed E-state index contributed by atoms with van der Waals surface area (Å²) in [5.41, 5.74) is 4.59. The lowest BCUT2D eigenvalue weighted by Crippen LogP contribution is -2.05. The molecule has 1 N–H and O–H groups in total. The first kappa shape index (κ1) is 14.8. The number of halogens is 2. The first-order valence-corrected chi connectivity index (χ1v) is 7.75. The van der Waals surface area contributed by atoms with Crippen molar-refractivity contribution in [2.75, 3.05) is 0 Å². The van der Waals surface area contributed by atoms with E-state index in [0.29, 0.717) is 6.42 Å². The summed E-state index contributed by atoms with van der Waals surface area (Å²) in [6.45, 7) is 4.18. The van der Waals surface area contributed by atoms with Gasteiger partial charge in [-0.1, -0.05) is 50.1 Å². The van der Waals surface area contributed by atoms with Crippen molar-refractivity contribution in [3.63, 3.8) is 0 Å². The molecular formula is C16H16Br2O. The van der Waals surface area contributed by atoms with E-state index in [-0.39, 0.29) is 0 Å². The van der Waals surface area contributed by atoms with E-state index < -0.39 is 6.10 Å². The maximum atomic E-state index is 10.5. The van der Waals surface area contributed by atoms with Crippen LogP contribution in [0.15, 0.2) is 45.3 Å². The van der Waals surface area contributed by atoms with Crippen LogP contribution in [0.25, 0.3) is 0 Å². The van der Waals surface area contributed by atoms with Crippen LogP contribution in [-0.2, 0) is 6.42 Å². The molecule has 0 aliphatic rings. The van der Waals surface area contributed by atoms with Gasteiger partial charge in [-0.25, -0.2) is 0 Å². The molecule has 0 bridgehead atoms. The zero-order valence-corrected chi connectivity index (χ0v) is 14.1. The maximum absolute atomic E-state index is 10.5. The van der Waals surface area contributed by atoms with Crippen molar-refractivity contribution in [2.45, 2.75) is 26.4 Å². The van der Waals surface area contributed by atoms with Gasteiger partial charge in [0.2, 0.25) is 0 Å². The molecule has 0 fully saturated rings. The predicted molar refractivity (Wildman–Crippen MR) is 86.4 cm³/mol. The lowest BCUT2D eigenvalue weighted by atomic mass is 9.95. The van der Waals surface area contributed by atoms with E-state index in [0.717, 1.165) is 14.5 Å². The van der Waals surface area contributed by atoms with E-state index in [4.69, 9.17) is 0 Å². The summed E-state index contributed by atoms with van der Waals surface area (Å²) in [4.78, 5) is 0. The highest BCUT2D eigenvalue weighted by Crippen LogP contribution is 2.30. The zero-order chi connectivity index (χ0) is 14.0. The Morgan fingerprint density at radius 2 is 1.68 bits per heavy atom. The summed E-state index contributed by atoms with van der Waals surface area (Å²) in [6.07, 6.45) is 0.125. The second kappa shape index (κ2) is 6.21. The molecule has 2 aromatic rings. The minimum atomic E-state index is -0.508. The summed E-state index contributed by atoms with van der Waals surface area (Å²) < 4.78 is 1.92. The molecule has 0 radical (unpaired) electrons. The lowest BCUT2D eigenvalue weighted by molar-refractivity contribution is 0.177. The second-order valence-electron chi connectivity index (χ2n) is 4.76. The van der Waals surface area contributed by atoms with E-state index in [1.54, 1.807) is 0 Å². The Labute approximate surface area is 130 Å². The molecule has 100 valence electrons. The Morgan fingerprint density at radius 1 is 1.05 bits per heavy atom. The van der Waals surface area contributed by atoms with Crippen molar-refractivity contribution in [3.8, 4) is 0 Å². The highest BCUT2D eigenvalue weighted by molar-refractivity contribution is 9.11. The molecule has 0 saturated carbocycles. The lowest BCUT2D eigenvalue weighted by Gasteiger charge is -2.16. The Bertz CT molecular complexity index is 573. The van der Waals surface area contributed by atoms with Crippen LogP contribution in [0.5, 0.6) is 0 Å². The standard InChI is InChI=1S/C16H16Br2O/c1-10-4-3-5-11(2)13(10)9-16(19)14-8-12(17)6-7-15(14)18/h3-8,16,19H,9H2,1-2H3. The third-order valence-corrected chi connectivity index (χ3v) is 4.57. The van der Waals surface area contributed by atoms with Gasteiger partial charge >= 0.3 is 0 Å². The van der Waals surface area contributed by atoms with Gasteiger partial charge < -0.3 is 5.11 Å². The first-order valence-electron chi connectivity index (χ1n) is 6.17. The van der Waals surface area contributed by atoms with E-state index in [2.05, 4.69) is 63.9 Å². The molecule has 0 amide bonds. The van der Waals surface area contributed by atoms with E-state index in [1.165, 1.54) is 16.7 Å². The Hall–Kier alpha value is -0.640. The molecular weight excluding hydrogens is 368 g/mol. The monoisotopic (exact) mass is 382 g/mol. The number of hydrogen-bond acceptors (Lipinski definition) is 1. The minimum Gasteiger partial charge on any atom is -0.388 e. The Morgan fingerprint density at radius 3 is 2.32 bits per heavy atom. The topological polar surface area (TPSA) is 20.2 Å². The van der Waals surface area contributed by atoms with Gasteiger partial charge in [0.05, 0.1) is 6.10 Å². The molecule has 1 nitrogen and oxygen atoms in total. The van der Waals surface area contributed by atoms with E-state index in [1.807, 2.05) is 18.2 Å². The summed E-state index contributed by atoms with van der Waals surface area (Å²) in [5.74, 6) is 0. The number of aliphatic hydroxyl groups excluding tert-OH is 1. The number of aryl methyl sites for hydroxylation is 2. The van der Waals surface area contributed by atoms with Crippen molar-refractivity contribution in [1.82, 2.24) is 0 Å². The summed E-state index contributed by atoms with van der Waals surface area (Å²) in [6, 6.07) is 12.1. The van der Waals surface area contributed by atoms with Gasteiger partial charge in [-0.05, 0) is 54.3 Å². The molecule has 3 heteroatoms. The maximum Gasteiger partial charge on any atom is 0.0841 e. The van der Waals surface area contributed by atoms with Crippen LogP contribution in [0, 0.1) is 13.8 Å². The largest absolute Gasteiger partial charge is 0.388 e. The molecule has 0 saturated heterocycles. The van der Waals surface area contributed by atoms with Crippen molar-refractivity contribution in [1.29, 1.82) is 0 Å². The molecule has 1 atom stereocenters. The molecule has 0 spiro atoms. The van der Waals surface area contributed by atoms with E-state index in [9.17, 15) is 5.11 Å². The summed E-state index contributed by atoms with van der Waals surface area (Å²) in [5, 5.41) is 10.5. The number of rotatable bonds is 3. The first-order chi connectivity index (χ1) is 8.99. The summed E-state index contributed by atoms with van der Waals surface area (Å²) in [7, 11) is 0. The predicted octanol–water partition coefficient (Wildman–Crippen LogP) is 5.10. The SMILES string of the molecule is Cc1cccc(C)c1CC(O)c1cc(Br)ccc1Br. The van der Waals surface area contributed by atoms with Gasteiger partial charge in [0, 0.05) is 15.4 Å². The van der Waals surface area contributed by atoms with Crippen LogP contribution in [-0.4, -0.2) is 5.11 Å². The van der Waals surface area contributed by atoms with Crippen molar-refractivity contribution in [2.24, 2.45) is 0 Å². The van der Waals surface area contributed by atoms with Crippen molar-refractivity contribution >= 4 is 31.9 Å². The fraction of sp³-hybridized carbons (Fsp3) is 0.250. The Kier molecular flexibility index (Phi) is 4.82. The smallest absolute Gasteiger partial charge is 0.0841 e. The van der Waals surface area contributed by atoms with Gasteiger partial charge in [-0.3, -0.25) is 0 Å². The average Bonchev–Trinajstić information content (AvgIpc) is 2.37. The van der Waals surface area contributed by atoms with Crippen LogP contribution in [0.3, 0.4) is 0 Å².